The second-order valence-electron chi connectivity index (χ2n) is 4.35. The van der Waals surface area contributed by atoms with Gasteiger partial charge >= 0.3 is 0 Å². The van der Waals surface area contributed by atoms with Crippen molar-refractivity contribution >= 4 is 28.1 Å². The summed E-state index contributed by atoms with van der Waals surface area (Å²) >= 11 is 3.36. The molecule has 0 spiro atoms. The number of carbonyl (C=O) groups excluding carboxylic acids is 1. The largest absolute Gasteiger partial charge is 0.497 e. The number of rotatable bonds is 5. The molecule has 0 unspecified atom stereocenters. The molecule has 0 bridgehead atoms. The van der Waals surface area contributed by atoms with Crippen molar-refractivity contribution in [3.05, 3.63) is 58.1 Å². The van der Waals surface area contributed by atoms with Gasteiger partial charge in [0.1, 0.15) is 11.5 Å². The van der Waals surface area contributed by atoms with Crippen LogP contribution in [0.2, 0.25) is 0 Å². The van der Waals surface area contributed by atoms with Gasteiger partial charge < -0.3 is 9.47 Å². The molecule has 1 amide bonds. The Balaban J connectivity index is 2.07. The maximum atomic E-state index is 12.1. The molecule has 0 radical (unpaired) electrons. The van der Waals surface area contributed by atoms with E-state index in [1.54, 1.807) is 24.4 Å². The number of hydrazone groups is 1. The Morgan fingerprint density at radius 1 is 1.09 bits per heavy atom. The number of carbonyl (C=O) groups is 1. The van der Waals surface area contributed by atoms with Gasteiger partial charge in [-0.25, -0.2) is 5.43 Å². The molecule has 0 saturated heterocycles. The molecule has 114 valence electrons. The zero-order valence-electron chi connectivity index (χ0n) is 12.2. The highest BCUT2D eigenvalue weighted by molar-refractivity contribution is 9.10. The van der Waals surface area contributed by atoms with Crippen molar-refractivity contribution in [1.29, 1.82) is 0 Å². The molecule has 0 aliphatic heterocycles. The standard InChI is InChI=1S/C16H15BrN2O3/c1-21-14-7-12(8-15(9-14)22-2)16(20)19-18-10-11-3-5-13(17)6-4-11/h3-10H,1-2H3,(H,19,20)/b18-10+. The Bertz CT molecular complexity index is 662. The average Bonchev–Trinajstić information content (AvgIpc) is 2.56. The fourth-order valence-electron chi connectivity index (χ4n) is 1.72. The first-order chi connectivity index (χ1) is 10.6. The van der Waals surface area contributed by atoms with E-state index in [9.17, 15) is 4.79 Å². The number of halogens is 1. The normalized spacial score (nSPS) is 10.5. The van der Waals surface area contributed by atoms with Gasteiger partial charge in [0.25, 0.3) is 5.91 Å². The van der Waals surface area contributed by atoms with E-state index in [2.05, 4.69) is 26.5 Å². The van der Waals surface area contributed by atoms with Crippen LogP contribution in [0.4, 0.5) is 0 Å². The number of methoxy groups -OCH3 is 2. The Morgan fingerprint density at radius 3 is 2.23 bits per heavy atom. The van der Waals surface area contributed by atoms with E-state index in [1.165, 1.54) is 14.2 Å². The average molecular weight is 363 g/mol. The fraction of sp³-hybridized carbons (Fsp3) is 0.125. The lowest BCUT2D eigenvalue weighted by Crippen LogP contribution is -2.17. The van der Waals surface area contributed by atoms with Gasteiger partial charge in [-0.1, -0.05) is 28.1 Å². The van der Waals surface area contributed by atoms with E-state index in [0.717, 1.165) is 10.0 Å². The molecule has 2 aromatic rings. The highest BCUT2D eigenvalue weighted by Gasteiger charge is 2.08. The second kappa shape index (κ2) is 7.61. The van der Waals surface area contributed by atoms with E-state index >= 15 is 0 Å². The summed E-state index contributed by atoms with van der Waals surface area (Å²) in [4.78, 5) is 12.1. The van der Waals surface area contributed by atoms with Gasteiger partial charge in [-0.05, 0) is 29.8 Å². The first kappa shape index (κ1) is 16.0. The molecular weight excluding hydrogens is 348 g/mol. The second-order valence-corrected chi connectivity index (χ2v) is 5.27. The summed E-state index contributed by atoms with van der Waals surface area (Å²) in [5.41, 5.74) is 3.76. The molecule has 2 rings (SSSR count). The monoisotopic (exact) mass is 362 g/mol. The van der Waals surface area contributed by atoms with Crippen LogP contribution in [0.5, 0.6) is 11.5 Å². The van der Waals surface area contributed by atoms with E-state index in [0.29, 0.717) is 17.1 Å². The Kier molecular flexibility index (Phi) is 5.55. The maximum Gasteiger partial charge on any atom is 0.271 e. The minimum absolute atomic E-state index is 0.342. The molecule has 2 aromatic carbocycles. The van der Waals surface area contributed by atoms with Crippen LogP contribution < -0.4 is 14.9 Å². The minimum atomic E-state index is -0.342. The first-order valence-electron chi connectivity index (χ1n) is 6.44. The number of hydrogen-bond acceptors (Lipinski definition) is 4. The third-order valence-electron chi connectivity index (χ3n) is 2.86. The van der Waals surface area contributed by atoms with Gasteiger partial charge in [0, 0.05) is 16.1 Å². The van der Waals surface area contributed by atoms with Crippen LogP contribution in [-0.4, -0.2) is 26.3 Å². The summed E-state index contributed by atoms with van der Waals surface area (Å²) in [6.07, 6.45) is 1.57. The number of nitrogens with zero attached hydrogens (tertiary/aromatic N) is 1. The summed E-state index contributed by atoms with van der Waals surface area (Å²) in [6, 6.07) is 12.5. The van der Waals surface area contributed by atoms with Gasteiger partial charge in [0.05, 0.1) is 20.4 Å². The molecule has 0 fully saturated rings. The number of benzene rings is 2. The minimum Gasteiger partial charge on any atom is -0.497 e. The molecule has 0 heterocycles. The van der Waals surface area contributed by atoms with E-state index in [4.69, 9.17) is 9.47 Å². The van der Waals surface area contributed by atoms with Gasteiger partial charge in [-0.2, -0.15) is 5.10 Å². The fourth-order valence-corrected chi connectivity index (χ4v) is 1.98. The first-order valence-corrected chi connectivity index (χ1v) is 7.23. The smallest absolute Gasteiger partial charge is 0.271 e. The van der Waals surface area contributed by atoms with Crippen molar-refractivity contribution in [3.8, 4) is 11.5 Å². The molecule has 0 aliphatic rings. The molecule has 6 heteroatoms. The Labute approximate surface area is 137 Å². The molecule has 0 saturated carbocycles. The van der Waals surface area contributed by atoms with Crippen LogP contribution >= 0.6 is 15.9 Å². The van der Waals surface area contributed by atoms with Crippen LogP contribution in [-0.2, 0) is 0 Å². The van der Waals surface area contributed by atoms with Crippen molar-refractivity contribution < 1.29 is 14.3 Å². The Hall–Kier alpha value is -2.34. The maximum absolute atomic E-state index is 12.1. The zero-order chi connectivity index (χ0) is 15.9. The van der Waals surface area contributed by atoms with Crippen LogP contribution in [0.3, 0.4) is 0 Å². The predicted molar refractivity (Wildman–Crippen MR) is 88.7 cm³/mol. The summed E-state index contributed by atoms with van der Waals surface area (Å²) in [7, 11) is 3.06. The highest BCUT2D eigenvalue weighted by Crippen LogP contribution is 2.22. The summed E-state index contributed by atoms with van der Waals surface area (Å²) in [5, 5.41) is 3.94. The number of nitrogens with one attached hydrogen (secondary N) is 1. The lowest BCUT2D eigenvalue weighted by molar-refractivity contribution is 0.0954. The van der Waals surface area contributed by atoms with Crippen molar-refractivity contribution in [1.82, 2.24) is 5.43 Å². The third kappa shape index (κ3) is 4.33. The number of amides is 1. The van der Waals surface area contributed by atoms with Crippen LogP contribution in [0.1, 0.15) is 15.9 Å². The van der Waals surface area contributed by atoms with E-state index in [-0.39, 0.29) is 5.91 Å². The summed E-state index contributed by atoms with van der Waals surface area (Å²) < 4.78 is 11.2. The summed E-state index contributed by atoms with van der Waals surface area (Å²) in [5.74, 6) is 0.744. The van der Waals surface area contributed by atoms with Crippen LogP contribution in [0.15, 0.2) is 52.0 Å². The number of ether oxygens (including phenoxy) is 2. The highest BCUT2D eigenvalue weighted by atomic mass is 79.9. The topological polar surface area (TPSA) is 59.9 Å². The van der Waals surface area contributed by atoms with Gasteiger partial charge in [0.15, 0.2) is 0 Å². The molecule has 0 aliphatic carbocycles. The van der Waals surface area contributed by atoms with Crippen molar-refractivity contribution in [2.75, 3.05) is 14.2 Å². The van der Waals surface area contributed by atoms with Gasteiger partial charge in [-0.15, -0.1) is 0 Å². The van der Waals surface area contributed by atoms with Crippen LogP contribution in [0, 0.1) is 0 Å². The molecule has 22 heavy (non-hydrogen) atoms. The lowest BCUT2D eigenvalue weighted by atomic mass is 10.2. The van der Waals surface area contributed by atoms with E-state index < -0.39 is 0 Å². The molecule has 0 atom stereocenters. The SMILES string of the molecule is COc1cc(OC)cc(C(=O)N/N=C/c2ccc(Br)cc2)c1. The van der Waals surface area contributed by atoms with E-state index in [1.807, 2.05) is 24.3 Å². The third-order valence-corrected chi connectivity index (χ3v) is 3.39. The van der Waals surface area contributed by atoms with Gasteiger partial charge in [-0.3, -0.25) is 4.79 Å². The molecule has 1 N–H and O–H groups in total. The molecular formula is C16H15BrN2O3. The number of hydrogen-bond donors (Lipinski definition) is 1. The molecule has 0 aromatic heterocycles. The van der Waals surface area contributed by atoms with Crippen molar-refractivity contribution in [3.63, 3.8) is 0 Å². The van der Waals surface area contributed by atoms with Crippen molar-refractivity contribution in [2.24, 2.45) is 5.10 Å². The molecule has 5 nitrogen and oxygen atoms in total. The predicted octanol–water partition coefficient (Wildman–Crippen LogP) is 3.23. The lowest BCUT2D eigenvalue weighted by Gasteiger charge is -2.07. The summed E-state index contributed by atoms with van der Waals surface area (Å²) in [6.45, 7) is 0. The quantitative estimate of drug-likeness (QED) is 0.656. The van der Waals surface area contributed by atoms with Crippen LogP contribution in [0.25, 0.3) is 0 Å². The van der Waals surface area contributed by atoms with Gasteiger partial charge in [0.2, 0.25) is 0 Å². The Morgan fingerprint density at radius 2 is 1.68 bits per heavy atom. The zero-order valence-corrected chi connectivity index (χ0v) is 13.8. The van der Waals surface area contributed by atoms with Crippen molar-refractivity contribution in [2.45, 2.75) is 0 Å².